The summed E-state index contributed by atoms with van der Waals surface area (Å²) in [5, 5.41) is 1.66. The first kappa shape index (κ1) is 9.80. The molecule has 0 aliphatic carbocycles. The van der Waals surface area contributed by atoms with E-state index in [1.165, 1.54) is 0 Å². The molecule has 0 aromatic heterocycles. The van der Waals surface area contributed by atoms with Crippen molar-refractivity contribution in [3.63, 3.8) is 0 Å². The zero-order chi connectivity index (χ0) is 9.80. The number of alkyl halides is 1. The summed E-state index contributed by atoms with van der Waals surface area (Å²) in [4.78, 5) is 0. The Labute approximate surface area is 87.5 Å². The fraction of sp³-hybridized carbons (Fsp3) is 0.400. The van der Waals surface area contributed by atoms with Crippen LogP contribution < -0.4 is 5.43 Å². The number of nitrogens with zero attached hydrogens (tertiary/aromatic N) is 1. The minimum absolute atomic E-state index is 0.555. The average molecular weight is 212 g/mol. The molecule has 1 unspecified atom stereocenters. The summed E-state index contributed by atoms with van der Waals surface area (Å²) in [6.45, 7) is 0.751. The molecule has 1 atom stereocenters. The van der Waals surface area contributed by atoms with E-state index in [2.05, 4.69) is 5.43 Å². The molecule has 0 saturated carbocycles. The summed E-state index contributed by atoms with van der Waals surface area (Å²) in [5.41, 5.74) is 4.02. The number of hydrogen-bond donors (Lipinski definition) is 1. The molecule has 2 rings (SSSR count). The molecule has 1 heterocycles. The first-order valence-electron chi connectivity index (χ1n) is 4.66. The van der Waals surface area contributed by atoms with Crippen LogP contribution in [0.25, 0.3) is 0 Å². The molecule has 1 N–H and O–H groups in total. The Morgan fingerprint density at radius 3 is 2.86 bits per heavy atom. The normalized spacial score (nSPS) is 23.4. The van der Waals surface area contributed by atoms with Crippen LogP contribution in [-0.2, 0) is 0 Å². The second-order valence-electron chi connectivity index (χ2n) is 3.18. The molecule has 4 heteroatoms. The van der Waals surface area contributed by atoms with Crippen LogP contribution in [0.4, 0.5) is 10.1 Å². The summed E-state index contributed by atoms with van der Waals surface area (Å²) in [5.74, 6) is 1.54. The van der Waals surface area contributed by atoms with Gasteiger partial charge in [-0.05, 0) is 12.1 Å². The van der Waals surface area contributed by atoms with E-state index in [9.17, 15) is 4.39 Å². The molecule has 0 bridgehead atoms. The van der Waals surface area contributed by atoms with Crippen molar-refractivity contribution in [2.24, 2.45) is 0 Å². The SMILES string of the molecule is FC1CSCCN1Nc1ccccc1. The number of benzene rings is 1. The Balaban J connectivity index is 1.96. The van der Waals surface area contributed by atoms with Gasteiger partial charge in [0.2, 0.25) is 0 Å². The maximum Gasteiger partial charge on any atom is 0.178 e. The summed E-state index contributed by atoms with van der Waals surface area (Å²) >= 11 is 1.66. The maximum absolute atomic E-state index is 13.4. The molecule has 76 valence electrons. The molecule has 2 nitrogen and oxygen atoms in total. The van der Waals surface area contributed by atoms with Gasteiger partial charge in [-0.15, -0.1) is 0 Å². The molecule has 1 aromatic rings. The minimum atomic E-state index is -0.881. The number of hydrazine groups is 1. The second-order valence-corrected chi connectivity index (χ2v) is 4.33. The molecule has 1 aliphatic rings. The zero-order valence-corrected chi connectivity index (χ0v) is 8.64. The monoisotopic (exact) mass is 212 g/mol. The fourth-order valence-electron chi connectivity index (χ4n) is 1.38. The highest BCUT2D eigenvalue weighted by Crippen LogP contribution is 2.18. The quantitative estimate of drug-likeness (QED) is 0.758. The van der Waals surface area contributed by atoms with E-state index < -0.39 is 6.30 Å². The van der Waals surface area contributed by atoms with E-state index >= 15 is 0 Å². The van der Waals surface area contributed by atoms with Gasteiger partial charge in [-0.3, -0.25) is 0 Å². The van der Waals surface area contributed by atoms with Crippen LogP contribution in [0, 0.1) is 0 Å². The van der Waals surface area contributed by atoms with Crippen molar-refractivity contribution in [1.82, 2.24) is 5.01 Å². The summed E-state index contributed by atoms with van der Waals surface area (Å²) in [6.07, 6.45) is -0.881. The van der Waals surface area contributed by atoms with Gasteiger partial charge in [0.25, 0.3) is 0 Å². The van der Waals surface area contributed by atoms with Gasteiger partial charge in [0.15, 0.2) is 6.30 Å². The van der Waals surface area contributed by atoms with E-state index in [0.717, 1.165) is 18.0 Å². The number of halogens is 1. The third kappa shape index (κ3) is 2.39. The Morgan fingerprint density at radius 1 is 1.36 bits per heavy atom. The number of nitrogens with one attached hydrogen (secondary N) is 1. The fourth-order valence-corrected chi connectivity index (χ4v) is 2.24. The predicted molar refractivity (Wildman–Crippen MR) is 59.0 cm³/mol. The summed E-state index contributed by atoms with van der Waals surface area (Å²) in [6, 6.07) is 9.70. The van der Waals surface area contributed by atoms with Crippen molar-refractivity contribution in [1.29, 1.82) is 0 Å². The van der Waals surface area contributed by atoms with Crippen LogP contribution in [0.2, 0.25) is 0 Å². The molecule has 0 radical (unpaired) electrons. The van der Waals surface area contributed by atoms with Crippen molar-refractivity contribution in [2.45, 2.75) is 6.30 Å². The van der Waals surface area contributed by atoms with Crippen LogP contribution in [0.5, 0.6) is 0 Å². The Kier molecular flexibility index (Phi) is 3.26. The van der Waals surface area contributed by atoms with Crippen LogP contribution >= 0.6 is 11.8 Å². The van der Waals surface area contributed by atoms with E-state index in [1.54, 1.807) is 16.8 Å². The topological polar surface area (TPSA) is 15.3 Å². The molecular formula is C10H13FN2S. The van der Waals surface area contributed by atoms with Crippen LogP contribution in [0.1, 0.15) is 0 Å². The number of rotatable bonds is 2. The predicted octanol–water partition coefficient (Wildman–Crippen LogP) is 2.36. The van der Waals surface area contributed by atoms with Gasteiger partial charge in [0.1, 0.15) is 0 Å². The van der Waals surface area contributed by atoms with Gasteiger partial charge < -0.3 is 5.43 Å². The number of anilines is 1. The molecule has 0 spiro atoms. The molecule has 1 aromatic carbocycles. The third-order valence-corrected chi connectivity index (χ3v) is 3.10. The van der Waals surface area contributed by atoms with Crippen LogP contribution in [0.15, 0.2) is 30.3 Å². The third-order valence-electron chi connectivity index (χ3n) is 2.12. The van der Waals surface area contributed by atoms with Crippen molar-refractivity contribution >= 4 is 17.4 Å². The first-order chi connectivity index (χ1) is 6.86. The lowest BCUT2D eigenvalue weighted by molar-refractivity contribution is 0.132. The van der Waals surface area contributed by atoms with E-state index in [1.807, 2.05) is 30.3 Å². The molecule has 1 aliphatic heterocycles. The summed E-state index contributed by atoms with van der Waals surface area (Å²) < 4.78 is 13.4. The lowest BCUT2D eigenvalue weighted by atomic mass is 10.3. The van der Waals surface area contributed by atoms with Gasteiger partial charge in [-0.2, -0.15) is 16.8 Å². The van der Waals surface area contributed by atoms with E-state index in [4.69, 9.17) is 0 Å². The van der Waals surface area contributed by atoms with Gasteiger partial charge in [-0.1, -0.05) is 18.2 Å². The zero-order valence-electron chi connectivity index (χ0n) is 7.82. The highest BCUT2D eigenvalue weighted by atomic mass is 32.2. The van der Waals surface area contributed by atoms with Crippen LogP contribution in [0.3, 0.4) is 0 Å². The molecular weight excluding hydrogens is 199 g/mol. The Bertz CT molecular complexity index is 281. The number of thioether (sulfide) groups is 1. The van der Waals surface area contributed by atoms with Gasteiger partial charge in [0.05, 0.1) is 0 Å². The van der Waals surface area contributed by atoms with Crippen molar-refractivity contribution in [2.75, 3.05) is 23.5 Å². The molecule has 0 amide bonds. The van der Waals surface area contributed by atoms with Crippen molar-refractivity contribution in [3.05, 3.63) is 30.3 Å². The average Bonchev–Trinajstić information content (AvgIpc) is 2.23. The smallest absolute Gasteiger partial charge is 0.178 e. The highest BCUT2D eigenvalue weighted by molar-refractivity contribution is 7.99. The second kappa shape index (κ2) is 4.66. The van der Waals surface area contributed by atoms with Crippen molar-refractivity contribution in [3.8, 4) is 0 Å². The van der Waals surface area contributed by atoms with E-state index in [-0.39, 0.29) is 0 Å². The molecule has 1 saturated heterocycles. The van der Waals surface area contributed by atoms with Gasteiger partial charge in [0, 0.05) is 23.7 Å². The largest absolute Gasteiger partial charge is 0.316 e. The van der Waals surface area contributed by atoms with Gasteiger partial charge >= 0.3 is 0 Å². The minimum Gasteiger partial charge on any atom is -0.316 e. The van der Waals surface area contributed by atoms with Gasteiger partial charge in [-0.25, -0.2) is 4.39 Å². The maximum atomic E-state index is 13.4. The highest BCUT2D eigenvalue weighted by Gasteiger charge is 2.21. The molecule has 14 heavy (non-hydrogen) atoms. The summed E-state index contributed by atoms with van der Waals surface area (Å²) in [7, 11) is 0. The Hall–Kier alpha value is -0.740. The number of hydrogen-bond acceptors (Lipinski definition) is 3. The first-order valence-corrected chi connectivity index (χ1v) is 5.82. The Morgan fingerprint density at radius 2 is 2.14 bits per heavy atom. The standard InChI is InChI=1S/C10H13FN2S/c11-10-8-14-7-6-13(10)12-9-4-2-1-3-5-9/h1-5,10,12H,6-8H2. The van der Waals surface area contributed by atoms with Crippen molar-refractivity contribution < 1.29 is 4.39 Å². The lowest BCUT2D eigenvalue weighted by Crippen LogP contribution is -2.43. The van der Waals surface area contributed by atoms with Crippen LogP contribution in [-0.4, -0.2) is 29.4 Å². The molecule has 1 fully saturated rings. The lowest BCUT2D eigenvalue weighted by Gasteiger charge is -2.30. The van der Waals surface area contributed by atoms with E-state index in [0.29, 0.717) is 5.75 Å². The number of para-hydroxylation sites is 1.